The summed E-state index contributed by atoms with van der Waals surface area (Å²) >= 11 is 1.69. The Balaban J connectivity index is 2.13. The molecule has 0 spiro atoms. The van der Waals surface area contributed by atoms with Crippen molar-refractivity contribution >= 4 is 17.4 Å². The summed E-state index contributed by atoms with van der Waals surface area (Å²) in [7, 11) is 0. The summed E-state index contributed by atoms with van der Waals surface area (Å²) in [6, 6.07) is 15.9. The van der Waals surface area contributed by atoms with Crippen molar-refractivity contribution in [3.8, 4) is 0 Å². The average molecular weight is 241 g/mol. The normalized spacial score (nSPS) is 9.71. The van der Waals surface area contributed by atoms with E-state index in [9.17, 15) is 0 Å². The third kappa shape index (κ3) is 3.28. The van der Waals surface area contributed by atoms with E-state index in [1.165, 1.54) is 10.5 Å². The predicted octanol–water partition coefficient (Wildman–Crippen LogP) is 5.09. The number of benzene rings is 2. The molecule has 0 saturated heterocycles. The smallest absolute Gasteiger partial charge is 0.0376 e. The second kappa shape index (κ2) is 5.43. The van der Waals surface area contributed by atoms with Gasteiger partial charge in [-0.3, -0.25) is 0 Å². The van der Waals surface area contributed by atoms with Crippen LogP contribution < -0.4 is 0 Å². The third-order valence-corrected chi connectivity index (χ3v) is 3.27. The summed E-state index contributed by atoms with van der Waals surface area (Å²) in [5.41, 5.74) is 10.2. The number of rotatable bonds is 3. The minimum atomic E-state index is 0.640. The van der Waals surface area contributed by atoms with Crippen LogP contribution in [0.25, 0.3) is 10.4 Å². The van der Waals surface area contributed by atoms with Crippen LogP contribution in [0.1, 0.15) is 5.56 Å². The zero-order chi connectivity index (χ0) is 12.1. The van der Waals surface area contributed by atoms with Crippen LogP contribution >= 0.6 is 11.8 Å². The van der Waals surface area contributed by atoms with Gasteiger partial charge in [0.05, 0.1) is 0 Å². The van der Waals surface area contributed by atoms with Crippen LogP contribution in [0.2, 0.25) is 0 Å². The van der Waals surface area contributed by atoms with Gasteiger partial charge in [0, 0.05) is 20.4 Å². The van der Waals surface area contributed by atoms with E-state index in [1.807, 2.05) is 24.3 Å². The van der Waals surface area contributed by atoms with Crippen molar-refractivity contribution in [3.63, 3.8) is 0 Å². The molecule has 0 atom stereocenters. The van der Waals surface area contributed by atoms with E-state index in [0.29, 0.717) is 5.69 Å². The molecule has 0 fully saturated rings. The molecule has 0 bridgehead atoms. The molecular formula is C13H11N3S. The monoisotopic (exact) mass is 241 g/mol. The van der Waals surface area contributed by atoms with Crippen molar-refractivity contribution in [2.24, 2.45) is 5.11 Å². The first kappa shape index (κ1) is 11.6. The van der Waals surface area contributed by atoms with Crippen LogP contribution in [0.3, 0.4) is 0 Å². The third-order valence-electron chi connectivity index (χ3n) is 2.25. The molecule has 2 aromatic rings. The Morgan fingerprint density at radius 2 is 1.47 bits per heavy atom. The summed E-state index contributed by atoms with van der Waals surface area (Å²) in [5, 5.41) is 3.54. The highest BCUT2D eigenvalue weighted by molar-refractivity contribution is 7.99. The molecule has 0 unspecified atom stereocenters. The lowest BCUT2D eigenvalue weighted by Gasteiger charge is -2.02. The van der Waals surface area contributed by atoms with Crippen LogP contribution in [-0.2, 0) is 0 Å². The van der Waals surface area contributed by atoms with Crippen molar-refractivity contribution in [2.75, 3.05) is 0 Å². The largest absolute Gasteiger partial charge is 0.0901 e. The zero-order valence-electron chi connectivity index (χ0n) is 9.37. The Morgan fingerprint density at radius 1 is 0.941 bits per heavy atom. The molecule has 0 heterocycles. The van der Waals surface area contributed by atoms with Crippen LogP contribution in [0.15, 0.2) is 63.4 Å². The molecule has 4 heteroatoms. The lowest BCUT2D eigenvalue weighted by atomic mass is 10.2. The molecule has 0 aliphatic carbocycles. The quantitative estimate of drug-likeness (QED) is 0.419. The minimum Gasteiger partial charge on any atom is -0.0901 e. The fraction of sp³-hybridized carbons (Fsp3) is 0.0769. The summed E-state index contributed by atoms with van der Waals surface area (Å²) in [5.74, 6) is 0. The molecule has 0 aliphatic rings. The first-order chi connectivity index (χ1) is 8.28. The molecule has 2 aromatic carbocycles. The minimum absolute atomic E-state index is 0.640. The number of hydrogen-bond donors (Lipinski definition) is 0. The van der Waals surface area contributed by atoms with Crippen molar-refractivity contribution in [1.82, 2.24) is 0 Å². The molecule has 0 saturated carbocycles. The summed E-state index contributed by atoms with van der Waals surface area (Å²) in [4.78, 5) is 5.08. The highest BCUT2D eigenvalue weighted by Crippen LogP contribution is 2.29. The van der Waals surface area contributed by atoms with Gasteiger partial charge in [0.15, 0.2) is 0 Å². The molecule has 84 valence electrons. The van der Waals surface area contributed by atoms with Gasteiger partial charge in [0.2, 0.25) is 0 Å². The number of hydrogen-bond acceptors (Lipinski definition) is 2. The van der Waals surface area contributed by atoms with Gasteiger partial charge in [-0.2, -0.15) is 0 Å². The van der Waals surface area contributed by atoms with E-state index < -0.39 is 0 Å². The van der Waals surface area contributed by atoms with Crippen molar-refractivity contribution in [2.45, 2.75) is 16.7 Å². The van der Waals surface area contributed by atoms with Gasteiger partial charge in [-0.15, -0.1) is 0 Å². The Labute approximate surface area is 104 Å². The van der Waals surface area contributed by atoms with Gasteiger partial charge < -0.3 is 0 Å². The Kier molecular flexibility index (Phi) is 3.70. The lowest BCUT2D eigenvalue weighted by molar-refractivity contribution is 1.35. The molecule has 0 N–H and O–H groups in total. The molecular weight excluding hydrogens is 230 g/mol. The standard InChI is InChI=1S/C13H11N3S/c1-10-2-6-12(7-3-10)17-13-8-4-11(5-9-13)15-16-14/h2-9H,1H3. The van der Waals surface area contributed by atoms with E-state index in [4.69, 9.17) is 5.53 Å². The maximum atomic E-state index is 8.30. The number of azide groups is 1. The van der Waals surface area contributed by atoms with E-state index in [0.717, 1.165) is 4.90 Å². The number of nitrogens with zero attached hydrogens (tertiary/aromatic N) is 3. The van der Waals surface area contributed by atoms with E-state index in [1.54, 1.807) is 11.8 Å². The maximum Gasteiger partial charge on any atom is 0.0376 e. The summed E-state index contributed by atoms with van der Waals surface area (Å²) in [6.07, 6.45) is 0. The number of aryl methyl sites for hydroxylation is 1. The summed E-state index contributed by atoms with van der Waals surface area (Å²) in [6.45, 7) is 2.07. The van der Waals surface area contributed by atoms with Crippen LogP contribution in [0.5, 0.6) is 0 Å². The van der Waals surface area contributed by atoms with Gasteiger partial charge in [-0.05, 0) is 36.7 Å². The average Bonchev–Trinajstić information content (AvgIpc) is 2.35. The molecule has 17 heavy (non-hydrogen) atoms. The van der Waals surface area contributed by atoms with Crippen molar-refractivity contribution in [3.05, 3.63) is 64.5 Å². The van der Waals surface area contributed by atoms with E-state index in [2.05, 4.69) is 41.2 Å². The van der Waals surface area contributed by atoms with Gasteiger partial charge in [0.1, 0.15) is 0 Å². The second-order valence-corrected chi connectivity index (χ2v) is 4.75. The van der Waals surface area contributed by atoms with Crippen LogP contribution in [-0.4, -0.2) is 0 Å². The fourth-order valence-corrected chi connectivity index (χ4v) is 2.19. The van der Waals surface area contributed by atoms with E-state index in [-0.39, 0.29) is 0 Å². The molecule has 2 rings (SSSR count). The zero-order valence-corrected chi connectivity index (χ0v) is 10.2. The van der Waals surface area contributed by atoms with Gasteiger partial charge >= 0.3 is 0 Å². The highest BCUT2D eigenvalue weighted by Gasteiger charge is 1.97. The molecule has 0 aliphatic heterocycles. The second-order valence-electron chi connectivity index (χ2n) is 3.60. The van der Waals surface area contributed by atoms with Crippen molar-refractivity contribution < 1.29 is 0 Å². The van der Waals surface area contributed by atoms with Gasteiger partial charge in [-0.1, -0.05) is 46.7 Å². The predicted molar refractivity (Wildman–Crippen MR) is 70.6 cm³/mol. The van der Waals surface area contributed by atoms with Crippen LogP contribution in [0, 0.1) is 6.92 Å². The topological polar surface area (TPSA) is 48.8 Å². The van der Waals surface area contributed by atoms with Crippen molar-refractivity contribution in [1.29, 1.82) is 0 Å². The van der Waals surface area contributed by atoms with Crippen LogP contribution in [0.4, 0.5) is 5.69 Å². The SMILES string of the molecule is Cc1ccc(Sc2ccc(N=[N+]=[N-])cc2)cc1. The highest BCUT2D eigenvalue weighted by atomic mass is 32.2. The Hall–Kier alpha value is -1.90. The first-order valence-corrected chi connectivity index (χ1v) is 5.99. The first-order valence-electron chi connectivity index (χ1n) is 5.17. The molecule has 3 nitrogen and oxygen atoms in total. The summed E-state index contributed by atoms with van der Waals surface area (Å²) < 4.78 is 0. The maximum absolute atomic E-state index is 8.30. The van der Waals surface area contributed by atoms with Gasteiger partial charge in [0.25, 0.3) is 0 Å². The Bertz CT molecular complexity index is 540. The molecule has 0 aromatic heterocycles. The fourth-order valence-electron chi connectivity index (χ4n) is 1.37. The lowest BCUT2D eigenvalue weighted by Crippen LogP contribution is -1.74. The van der Waals surface area contributed by atoms with Gasteiger partial charge in [-0.25, -0.2) is 0 Å². The Morgan fingerprint density at radius 3 is 2.00 bits per heavy atom. The molecule has 0 radical (unpaired) electrons. The van der Waals surface area contributed by atoms with E-state index >= 15 is 0 Å². The molecule has 0 amide bonds.